The topological polar surface area (TPSA) is 51.2 Å². The molecule has 4 aliphatic rings. The molecule has 0 radical (unpaired) electrons. The molecule has 1 amide bonds. The number of hydrogen-bond donors (Lipinski definition) is 0. The van der Waals surface area contributed by atoms with Crippen LogP contribution in [0.15, 0.2) is 42.5 Å². The molecule has 2 aliphatic heterocycles. The lowest BCUT2D eigenvalue weighted by atomic mass is 9.52. The van der Waals surface area contributed by atoms with Gasteiger partial charge in [0.15, 0.2) is 0 Å². The van der Waals surface area contributed by atoms with Gasteiger partial charge in [-0.15, -0.1) is 0 Å². The number of fused-ring (bicyclic) bond motifs is 1. The summed E-state index contributed by atoms with van der Waals surface area (Å²) in [5, 5.41) is 0. The summed E-state index contributed by atoms with van der Waals surface area (Å²) < 4.78 is 17.4. The largest absolute Gasteiger partial charge is 0.495 e. The third-order valence-corrected chi connectivity index (χ3v) is 8.92. The lowest BCUT2D eigenvalue weighted by Crippen LogP contribution is -2.62. The van der Waals surface area contributed by atoms with Crippen molar-refractivity contribution in [3.8, 4) is 5.75 Å². The quantitative estimate of drug-likeness (QED) is 0.627. The number of nitrogens with zero attached hydrogens (tertiary/aromatic N) is 2. The van der Waals surface area contributed by atoms with Gasteiger partial charge in [-0.25, -0.2) is 4.79 Å². The molecule has 0 aromatic heterocycles. The predicted molar refractivity (Wildman–Crippen MR) is 135 cm³/mol. The van der Waals surface area contributed by atoms with Gasteiger partial charge in [0, 0.05) is 31.1 Å². The van der Waals surface area contributed by atoms with E-state index in [2.05, 4.69) is 21.9 Å². The molecule has 2 aromatic carbocycles. The van der Waals surface area contributed by atoms with E-state index in [9.17, 15) is 4.79 Å². The summed E-state index contributed by atoms with van der Waals surface area (Å²) in [6.45, 7) is 4.34. The molecular formula is C29H36N2O4. The number of rotatable bonds is 4. The number of amides is 1. The lowest BCUT2D eigenvalue weighted by molar-refractivity contribution is -0.0137. The second kappa shape index (κ2) is 9.38. The Balaban J connectivity index is 1.32. The Morgan fingerprint density at radius 1 is 1.09 bits per heavy atom. The van der Waals surface area contributed by atoms with Crippen LogP contribution in [0.25, 0.3) is 0 Å². The van der Waals surface area contributed by atoms with Crippen molar-refractivity contribution in [1.82, 2.24) is 4.90 Å². The number of benzene rings is 2. The van der Waals surface area contributed by atoms with Crippen LogP contribution in [0.4, 0.5) is 10.5 Å². The molecule has 1 saturated carbocycles. The zero-order chi connectivity index (χ0) is 23.8. The minimum atomic E-state index is -0.164. The van der Waals surface area contributed by atoms with Crippen molar-refractivity contribution >= 4 is 11.8 Å². The van der Waals surface area contributed by atoms with Crippen LogP contribution in [-0.2, 0) is 27.9 Å². The summed E-state index contributed by atoms with van der Waals surface area (Å²) in [6.07, 6.45) is 6.62. The fraction of sp³-hybridized carbons (Fsp3) is 0.552. The molecule has 2 aliphatic carbocycles. The molecule has 3 atom stereocenters. The molecule has 0 N–H and O–H groups in total. The average Bonchev–Trinajstić information content (AvgIpc) is 2.92. The van der Waals surface area contributed by atoms with Gasteiger partial charge in [0.25, 0.3) is 0 Å². The number of methoxy groups -OCH3 is 1. The highest BCUT2D eigenvalue weighted by molar-refractivity contribution is 5.70. The van der Waals surface area contributed by atoms with E-state index in [4.69, 9.17) is 14.2 Å². The molecule has 2 heterocycles. The Bertz CT molecular complexity index is 1070. The van der Waals surface area contributed by atoms with Crippen molar-refractivity contribution < 1.29 is 19.0 Å². The van der Waals surface area contributed by atoms with Crippen LogP contribution < -0.4 is 9.64 Å². The van der Waals surface area contributed by atoms with Crippen molar-refractivity contribution in [3.63, 3.8) is 0 Å². The van der Waals surface area contributed by atoms with Gasteiger partial charge in [0.1, 0.15) is 12.4 Å². The van der Waals surface area contributed by atoms with Crippen LogP contribution in [0.1, 0.15) is 48.8 Å². The zero-order valence-electron chi connectivity index (χ0n) is 20.7. The van der Waals surface area contributed by atoms with E-state index in [1.165, 1.54) is 36.8 Å². The maximum absolute atomic E-state index is 13.3. The third kappa shape index (κ3) is 3.96. The van der Waals surface area contributed by atoms with Crippen LogP contribution in [-0.4, -0.2) is 57.0 Å². The molecule has 3 fully saturated rings. The lowest BCUT2D eigenvalue weighted by Gasteiger charge is -2.58. The zero-order valence-corrected chi connectivity index (χ0v) is 20.7. The number of piperidine rings is 1. The highest BCUT2D eigenvalue weighted by atomic mass is 16.6. The molecular weight excluding hydrogens is 440 g/mol. The monoisotopic (exact) mass is 476 g/mol. The number of likely N-dealkylation sites (tertiary alicyclic amines) is 1. The molecule has 186 valence electrons. The van der Waals surface area contributed by atoms with E-state index in [0.29, 0.717) is 12.5 Å². The fourth-order valence-electron chi connectivity index (χ4n) is 7.28. The van der Waals surface area contributed by atoms with Gasteiger partial charge in [-0.3, -0.25) is 0 Å². The van der Waals surface area contributed by atoms with Gasteiger partial charge in [0.05, 0.1) is 26.0 Å². The normalized spacial score (nSPS) is 27.6. The van der Waals surface area contributed by atoms with Gasteiger partial charge in [0.2, 0.25) is 0 Å². The van der Waals surface area contributed by atoms with Crippen molar-refractivity contribution in [3.05, 3.63) is 59.2 Å². The molecule has 6 nitrogen and oxygen atoms in total. The smallest absolute Gasteiger partial charge is 0.410 e. The Kier molecular flexibility index (Phi) is 6.09. The molecule has 0 unspecified atom stereocenters. The fourth-order valence-corrected chi connectivity index (χ4v) is 7.28. The summed E-state index contributed by atoms with van der Waals surface area (Å²) in [6, 6.07) is 14.9. The Labute approximate surface area is 208 Å². The first kappa shape index (κ1) is 22.7. The number of ether oxygens (including phenoxy) is 3. The minimum Gasteiger partial charge on any atom is -0.495 e. The van der Waals surface area contributed by atoms with E-state index in [1.54, 1.807) is 7.11 Å². The highest BCUT2D eigenvalue weighted by Gasteiger charge is 2.55. The van der Waals surface area contributed by atoms with E-state index in [0.717, 1.165) is 62.7 Å². The van der Waals surface area contributed by atoms with Gasteiger partial charge in [-0.05, 0) is 60.4 Å². The molecule has 0 spiro atoms. The second-order valence-electron chi connectivity index (χ2n) is 10.5. The summed E-state index contributed by atoms with van der Waals surface area (Å²) in [7, 11) is 1.79. The van der Waals surface area contributed by atoms with Crippen molar-refractivity contribution in [2.45, 2.75) is 56.6 Å². The van der Waals surface area contributed by atoms with Crippen LogP contribution in [0.3, 0.4) is 0 Å². The molecule has 6 heteroatoms. The first-order valence-corrected chi connectivity index (χ1v) is 13.2. The van der Waals surface area contributed by atoms with Crippen LogP contribution in [0.5, 0.6) is 5.75 Å². The Hall–Kier alpha value is -2.73. The van der Waals surface area contributed by atoms with E-state index in [1.807, 2.05) is 30.3 Å². The second-order valence-corrected chi connectivity index (χ2v) is 10.5. The van der Waals surface area contributed by atoms with E-state index in [-0.39, 0.29) is 17.6 Å². The maximum Gasteiger partial charge on any atom is 0.410 e. The maximum atomic E-state index is 13.3. The summed E-state index contributed by atoms with van der Waals surface area (Å²) in [5.41, 5.74) is 5.20. The molecule has 2 bridgehead atoms. The number of carbonyl (C=O) groups excluding carboxylic acids is 1. The Morgan fingerprint density at radius 3 is 2.71 bits per heavy atom. The molecule has 35 heavy (non-hydrogen) atoms. The number of hydrogen-bond acceptors (Lipinski definition) is 5. The first-order chi connectivity index (χ1) is 17.2. The highest BCUT2D eigenvalue weighted by Crippen LogP contribution is 2.57. The van der Waals surface area contributed by atoms with Crippen LogP contribution in [0, 0.1) is 5.92 Å². The SMILES string of the molecule is COc1cc2c(cc1N1CCOCC1)C[C@@H]1[C@@H]3CCCC[C@]23CCN1C(=O)OCc1ccccc1. The predicted octanol–water partition coefficient (Wildman–Crippen LogP) is 4.93. The molecule has 6 rings (SSSR count). The minimum absolute atomic E-state index is 0.142. The van der Waals surface area contributed by atoms with Crippen LogP contribution in [0.2, 0.25) is 0 Å². The summed E-state index contributed by atoms with van der Waals surface area (Å²) in [4.78, 5) is 17.8. The average molecular weight is 477 g/mol. The third-order valence-electron chi connectivity index (χ3n) is 8.92. The molecule has 2 aromatic rings. The van der Waals surface area contributed by atoms with Crippen molar-refractivity contribution in [2.24, 2.45) is 5.92 Å². The Morgan fingerprint density at radius 2 is 1.91 bits per heavy atom. The van der Waals surface area contributed by atoms with Crippen molar-refractivity contribution in [2.75, 3.05) is 44.9 Å². The summed E-state index contributed by atoms with van der Waals surface area (Å²) in [5.74, 6) is 1.47. The van der Waals surface area contributed by atoms with Gasteiger partial charge >= 0.3 is 6.09 Å². The van der Waals surface area contributed by atoms with E-state index >= 15 is 0 Å². The summed E-state index contributed by atoms with van der Waals surface area (Å²) >= 11 is 0. The van der Waals surface area contributed by atoms with Gasteiger partial charge < -0.3 is 24.0 Å². The number of carbonyl (C=O) groups is 1. The van der Waals surface area contributed by atoms with E-state index < -0.39 is 0 Å². The molecule has 2 saturated heterocycles. The standard InChI is InChI=1S/C29H36N2O4/c1-33-27-19-24-22(18-26(27)30-13-15-34-16-14-30)17-25-23-9-5-6-10-29(23,24)11-12-31(25)28(32)35-20-21-7-3-2-4-8-21/h2-4,7-8,18-19,23,25H,5-6,9-17,20H2,1H3/t23-,25+,29+/m0/s1. The van der Waals surface area contributed by atoms with Crippen molar-refractivity contribution in [1.29, 1.82) is 0 Å². The van der Waals surface area contributed by atoms with Gasteiger partial charge in [-0.1, -0.05) is 43.2 Å². The van der Waals surface area contributed by atoms with Gasteiger partial charge in [-0.2, -0.15) is 0 Å². The van der Waals surface area contributed by atoms with Crippen LogP contribution >= 0.6 is 0 Å². The first-order valence-electron chi connectivity index (χ1n) is 13.2. The number of anilines is 1. The number of morpholine rings is 1.